The Balaban J connectivity index is 1.58. The third-order valence-corrected chi connectivity index (χ3v) is 6.18. The molecular weight excluding hydrogens is 408 g/mol. The molecule has 0 aliphatic heterocycles. The Morgan fingerprint density at radius 1 is 1.03 bits per heavy atom. The topological polar surface area (TPSA) is 105 Å². The molecule has 0 saturated carbocycles. The number of hydrogen-bond donors (Lipinski definition) is 3. The van der Waals surface area contributed by atoms with E-state index in [2.05, 4.69) is 22.8 Å². The van der Waals surface area contributed by atoms with Crippen LogP contribution < -0.4 is 10.6 Å². The van der Waals surface area contributed by atoms with Gasteiger partial charge in [0.15, 0.2) is 0 Å². The first-order valence-corrected chi connectivity index (χ1v) is 10.9. The second-order valence-corrected chi connectivity index (χ2v) is 8.32. The fourth-order valence-electron chi connectivity index (χ4n) is 3.98. The number of carbonyl (C=O) groups excluding carboxylic acids is 2. The molecule has 0 spiro atoms. The average Bonchev–Trinajstić information content (AvgIpc) is 3.10. The standard InChI is InChI=1S/C25H30N2O5/c1-4-16(14-22(28)27-25(3,5-2)23(29)30)26-24(31)32-15-21-19-12-8-6-10-17(19)18-11-7-9-13-20(18)21/h6-13,16,21H,4-5,14-15H2,1-3H3,(H,26,31)(H,27,28)(H,29,30)/t16-,25?/m0/s1. The second kappa shape index (κ2) is 9.85. The van der Waals surface area contributed by atoms with Crippen LogP contribution in [0.25, 0.3) is 11.1 Å². The van der Waals surface area contributed by atoms with Crippen LogP contribution in [0, 0.1) is 0 Å². The molecule has 0 aromatic heterocycles. The number of benzene rings is 2. The van der Waals surface area contributed by atoms with Gasteiger partial charge in [0.05, 0.1) is 0 Å². The van der Waals surface area contributed by atoms with Crippen molar-refractivity contribution in [3.05, 3.63) is 59.7 Å². The van der Waals surface area contributed by atoms with Crippen molar-refractivity contribution in [2.24, 2.45) is 0 Å². The van der Waals surface area contributed by atoms with Gasteiger partial charge in [-0.3, -0.25) is 4.79 Å². The number of carboxylic acids is 1. The minimum absolute atomic E-state index is 0.0242. The van der Waals surface area contributed by atoms with Gasteiger partial charge in [0.1, 0.15) is 12.1 Å². The number of ether oxygens (including phenoxy) is 1. The van der Waals surface area contributed by atoms with Crippen molar-refractivity contribution in [3.8, 4) is 11.1 Å². The summed E-state index contributed by atoms with van der Waals surface area (Å²) >= 11 is 0. The molecule has 7 nitrogen and oxygen atoms in total. The number of carboxylic acid groups (broad SMARTS) is 1. The fraction of sp³-hybridized carbons (Fsp3) is 0.400. The van der Waals surface area contributed by atoms with Crippen LogP contribution in [-0.4, -0.2) is 41.3 Å². The highest BCUT2D eigenvalue weighted by atomic mass is 16.5. The SMILES string of the molecule is CC[C@@H](CC(=O)NC(C)(CC)C(=O)O)NC(=O)OCC1c2ccccc2-c2ccccc21. The summed E-state index contributed by atoms with van der Waals surface area (Å²) in [5.41, 5.74) is 3.22. The maximum Gasteiger partial charge on any atom is 0.407 e. The van der Waals surface area contributed by atoms with Gasteiger partial charge in [-0.1, -0.05) is 62.4 Å². The molecule has 0 fully saturated rings. The highest BCUT2D eigenvalue weighted by Gasteiger charge is 2.33. The van der Waals surface area contributed by atoms with Crippen LogP contribution in [0.4, 0.5) is 4.79 Å². The lowest BCUT2D eigenvalue weighted by Crippen LogP contribution is -2.53. The minimum atomic E-state index is -1.33. The molecule has 7 heteroatoms. The summed E-state index contributed by atoms with van der Waals surface area (Å²) in [4.78, 5) is 36.2. The quantitative estimate of drug-likeness (QED) is 0.548. The van der Waals surface area contributed by atoms with Crippen molar-refractivity contribution < 1.29 is 24.2 Å². The normalized spacial score (nSPS) is 15.1. The van der Waals surface area contributed by atoms with Gasteiger partial charge >= 0.3 is 12.1 Å². The van der Waals surface area contributed by atoms with E-state index in [0.717, 1.165) is 22.3 Å². The molecule has 32 heavy (non-hydrogen) atoms. The summed E-state index contributed by atoms with van der Waals surface area (Å²) in [6.45, 7) is 5.20. The van der Waals surface area contributed by atoms with Crippen molar-refractivity contribution in [3.63, 3.8) is 0 Å². The largest absolute Gasteiger partial charge is 0.480 e. The van der Waals surface area contributed by atoms with Crippen LogP contribution in [0.3, 0.4) is 0 Å². The minimum Gasteiger partial charge on any atom is -0.480 e. The van der Waals surface area contributed by atoms with Gasteiger partial charge in [0.2, 0.25) is 5.91 Å². The summed E-state index contributed by atoms with van der Waals surface area (Å²) in [6, 6.07) is 15.7. The van der Waals surface area contributed by atoms with Crippen molar-refractivity contribution in [1.29, 1.82) is 0 Å². The van der Waals surface area contributed by atoms with Crippen LogP contribution in [-0.2, 0) is 14.3 Å². The molecule has 2 amide bonds. The lowest BCUT2D eigenvalue weighted by atomic mass is 9.98. The van der Waals surface area contributed by atoms with Crippen LogP contribution in [0.15, 0.2) is 48.5 Å². The monoisotopic (exact) mass is 438 g/mol. The molecule has 2 atom stereocenters. The third kappa shape index (κ3) is 4.93. The molecule has 3 rings (SSSR count). The number of amides is 2. The lowest BCUT2D eigenvalue weighted by Gasteiger charge is -2.26. The van der Waals surface area contributed by atoms with Crippen molar-refractivity contribution in [2.45, 2.75) is 57.5 Å². The van der Waals surface area contributed by atoms with Gasteiger partial charge < -0.3 is 20.5 Å². The number of alkyl carbamates (subject to hydrolysis) is 1. The van der Waals surface area contributed by atoms with E-state index in [1.165, 1.54) is 6.92 Å². The molecular formula is C25H30N2O5. The molecule has 2 aromatic rings. The summed E-state index contributed by atoms with van der Waals surface area (Å²) < 4.78 is 5.54. The maximum atomic E-state index is 12.5. The lowest BCUT2D eigenvalue weighted by molar-refractivity contribution is -0.147. The Bertz CT molecular complexity index is 960. The molecule has 1 unspecified atom stereocenters. The van der Waals surface area contributed by atoms with E-state index in [1.807, 2.05) is 43.3 Å². The Hall–Kier alpha value is -3.35. The van der Waals surface area contributed by atoms with E-state index in [-0.39, 0.29) is 25.4 Å². The highest BCUT2D eigenvalue weighted by molar-refractivity contribution is 5.87. The van der Waals surface area contributed by atoms with Crippen LogP contribution in [0.5, 0.6) is 0 Å². The number of carbonyl (C=O) groups is 3. The van der Waals surface area contributed by atoms with E-state index in [1.54, 1.807) is 6.92 Å². The van der Waals surface area contributed by atoms with Crippen LogP contribution in [0.1, 0.15) is 57.1 Å². The molecule has 0 saturated heterocycles. The van der Waals surface area contributed by atoms with Gasteiger partial charge in [-0.05, 0) is 42.0 Å². The van der Waals surface area contributed by atoms with E-state index in [4.69, 9.17) is 4.74 Å². The van der Waals surface area contributed by atoms with Gasteiger partial charge in [0, 0.05) is 18.4 Å². The molecule has 1 aliphatic carbocycles. The van der Waals surface area contributed by atoms with Gasteiger partial charge in [0.25, 0.3) is 0 Å². The summed E-state index contributed by atoms with van der Waals surface area (Å²) in [6.07, 6.45) is 0.143. The zero-order chi connectivity index (χ0) is 23.3. The number of fused-ring (bicyclic) bond motifs is 3. The zero-order valence-corrected chi connectivity index (χ0v) is 18.7. The number of rotatable bonds is 9. The Morgan fingerprint density at radius 2 is 1.59 bits per heavy atom. The van der Waals surface area contributed by atoms with E-state index in [0.29, 0.717) is 6.42 Å². The highest BCUT2D eigenvalue weighted by Crippen LogP contribution is 2.44. The van der Waals surface area contributed by atoms with Gasteiger partial charge in [-0.2, -0.15) is 0 Å². The van der Waals surface area contributed by atoms with Gasteiger partial charge in [-0.15, -0.1) is 0 Å². The Kier molecular flexibility index (Phi) is 7.18. The van der Waals surface area contributed by atoms with Crippen molar-refractivity contribution in [1.82, 2.24) is 10.6 Å². The Labute approximate surface area is 188 Å². The van der Waals surface area contributed by atoms with Crippen molar-refractivity contribution in [2.75, 3.05) is 6.61 Å². The number of nitrogens with one attached hydrogen (secondary N) is 2. The first kappa shape index (κ1) is 23.3. The first-order chi connectivity index (χ1) is 15.3. The summed E-state index contributed by atoms with van der Waals surface area (Å²) in [7, 11) is 0. The van der Waals surface area contributed by atoms with E-state index >= 15 is 0 Å². The molecule has 170 valence electrons. The molecule has 3 N–H and O–H groups in total. The summed E-state index contributed by atoms with van der Waals surface area (Å²) in [5, 5.41) is 14.6. The van der Waals surface area contributed by atoms with Crippen LogP contribution in [0.2, 0.25) is 0 Å². The molecule has 0 radical (unpaired) electrons. The predicted octanol–water partition coefficient (Wildman–Crippen LogP) is 4.06. The molecule has 2 aromatic carbocycles. The predicted molar refractivity (Wildman–Crippen MR) is 121 cm³/mol. The average molecular weight is 439 g/mol. The number of hydrogen-bond acceptors (Lipinski definition) is 4. The first-order valence-electron chi connectivity index (χ1n) is 10.9. The summed E-state index contributed by atoms with van der Waals surface area (Å²) in [5.74, 6) is -1.56. The second-order valence-electron chi connectivity index (χ2n) is 8.32. The molecule has 1 aliphatic rings. The van der Waals surface area contributed by atoms with E-state index < -0.39 is 29.6 Å². The molecule has 0 heterocycles. The Morgan fingerprint density at radius 3 is 2.09 bits per heavy atom. The molecule has 0 bridgehead atoms. The maximum absolute atomic E-state index is 12.5. The van der Waals surface area contributed by atoms with Crippen molar-refractivity contribution >= 4 is 18.0 Å². The smallest absolute Gasteiger partial charge is 0.407 e. The fourth-order valence-corrected chi connectivity index (χ4v) is 3.98. The number of aliphatic carboxylic acids is 1. The van der Waals surface area contributed by atoms with E-state index in [9.17, 15) is 19.5 Å². The van der Waals surface area contributed by atoms with Crippen LogP contribution >= 0.6 is 0 Å². The third-order valence-electron chi connectivity index (χ3n) is 6.18. The zero-order valence-electron chi connectivity index (χ0n) is 18.7. The van der Waals surface area contributed by atoms with Gasteiger partial charge in [-0.25, -0.2) is 9.59 Å².